The molecule has 1 amide bonds. The lowest BCUT2D eigenvalue weighted by molar-refractivity contribution is -0.132. The molecule has 3 nitrogen and oxygen atoms in total. The molecule has 102 valence electrons. The van der Waals surface area contributed by atoms with E-state index >= 15 is 0 Å². The van der Waals surface area contributed by atoms with Gasteiger partial charge < -0.3 is 10.6 Å². The third-order valence-electron chi connectivity index (χ3n) is 4.34. The Bertz CT molecular complexity index is 441. The number of carbonyl (C=O) groups excluding carboxylic acids is 1. The Balaban J connectivity index is 1.76. The van der Waals surface area contributed by atoms with Crippen LogP contribution in [-0.4, -0.2) is 29.9 Å². The number of nitrogens with two attached hydrogens (primary N) is 1. The lowest BCUT2D eigenvalue weighted by atomic mass is 9.94. The van der Waals surface area contributed by atoms with Gasteiger partial charge in [0.05, 0.1) is 6.04 Å². The number of benzene rings is 1. The Morgan fingerprint density at radius 2 is 1.84 bits per heavy atom. The fraction of sp³-hybridized carbons (Fsp3) is 0.562. The quantitative estimate of drug-likeness (QED) is 0.902. The van der Waals surface area contributed by atoms with Crippen LogP contribution in [0.25, 0.3) is 0 Å². The van der Waals surface area contributed by atoms with Crippen molar-refractivity contribution in [1.29, 1.82) is 0 Å². The molecule has 1 heterocycles. The standard InChI is InChI=1S/C16H22N2O/c17-15-9-8-14(13-4-2-1-3-5-13)11-18(16(15)19)10-12-6-7-12/h1-5,12,14-15H,6-11,17H2/t14-,15-/m0/s1. The van der Waals surface area contributed by atoms with E-state index in [0.717, 1.165) is 31.8 Å². The molecule has 19 heavy (non-hydrogen) atoms. The van der Waals surface area contributed by atoms with Crippen molar-refractivity contribution in [3.8, 4) is 0 Å². The van der Waals surface area contributed by atoms with Gasteiger partial charge in [-0.3, -0.25) is 4.79 Å². The van der Waals surface area contributed by atoms with Crippen LogP contribution >= 0.6 is 0 Å². The first kappa shape index (κ1) is 12.7. The number of rotatable bonds is 3. The summed E-state index contributed by atoms with van der Waals surface area (Å²) in [4.78, 5) is 14.3. The van der Waals surface area contributed by atoms with Crippen LogP contribution in [-0.2, 0) is 4.79 Å². The predicted octanol–water partition coefficient (Wildman–Crippen LogP) is 2.13. The van der Waals surface area contributed by atoms with E-state index in [9.17, 15) is 4.79 Å². The van der Waals surface area contributed by atoms with Crippen molar-refractivity contribution < 1.29 is 4.79 Å². The molecule has 1 aromatic rings. The second-order valence-electron chi connectivity index (χ2n) is 5.98. The minimum absolute atomic E-state index is 0.158. The summed E-state index contributed by atoms with van der Waals surface area (Å²) >= 11 is 0. The van der Waals surface area contributed by atoms with Crippen LogP contribution in [0.2, 0.25) is 0 Å². The average molecular weight is 258 g/mol. The van der Waals surface area contributed by atoms with E-state index < -0.39 is 0 Å². The maximum Gasteiger partial charge on any atom is 0.239 e. The number of hydrogen-bond acceptors (Lipinski definition) is 2. The highest BCUT2D eigenvalue weighted by molar-refractivity contribution is 5.82. The molecule has 1 saturated heterocycles. The zero-order valence-electron chi connectivity index (χ0n) is 11.3. The fourth-order valence-corrected chi connectivity index (χ4v) is 2.96. The number of likely N-dealkylation sites (tertiary alicyclic amines) is 1. The van der Waals surface area contributed by atoms with Crippen molar-refractivity contribution in [2.75, 3.05) is 13.1 Å². The van der Waals surface area contributed by atoms with Gasteiger partial charge in [-0.25, -0.2) is 0 Å². The lowest BCUT2D eigenvalue weighted by Crippen LogP contribution is -2.43. The molecule has 2 aliphatic rings. The number of hydrogen-bond donors (Lipinski definition) is 1. The van der Waals surface area contributed by atoms with E-state index in [2.05, 4.69) is 24.3 Å². The molecule has 2 fully saturated rings. The van der Waals surface area contributed by atoms with Gasteiger partial charge in [0, 0.05) is 19.0 Å². The molecule has 0 spiro atoms. The third kappa shape index (κ3) is 2.98. The topological polar surface area (TPSA) is 46.3 Å². The second kappa shape index (κ2) is 5.33. The van der Waals surface area contributed by atoms with Crippen LogP contribution in [0.5, 0.6) is 0 Å². The first-order chi connectivity index (χ1) is 9.24. The summed E-state index contributed by atoms with van der Waals surface area (Å²) in [5, 5.41) is 0. The van der Waals surface area contributed by atoms with Gasteiger partial charge in [0.25, 0.3) is 0 Å². The van der Waals surface area contributed by atoms with Crippen LogP contribution in [0.15, 0.2) is 30.3 Å². The highest BCUT2D eigenvalue weighted by atomic mass is 16.2. The van der Waals surface area contributed by atoms with Crippen molar-refractivity contribution in [2.45, 2.75) is 37.6 Å². The Kier molecular flexibility index (Phi) is 3.56. The number of carbonyl (C=O) groups is 1. The van der Waals surface area contributed by atoms with E-state index in [4.69, 9.17) is 5.73 Å². The van der Waals surface area contributed by atoms with Crippen LogP contribution < -0.4 is 5.73 Å². The van der Waals surface area contributed by atoms with Crippen LogP contribution in [0.3, 0.4) is 0 Å². The van der Waals surface area contributed by atoms with E-state index in [-0.39, 0.29) is 11.9 Å². The van der Waals surface area contributed by atoms with Gasteiger partial charge in [0.1, 0.15) is 0 Å². The number of nitrogens with zero attached hydrogens (tertiary/aromatic N) is 1. The van der Waals surface area contributed by atoms with Gasteiger partial charge in [-0.15, -0.1) is 0 Å². The van der Waals surface area contributed by atoms with Gasteiger partial charge in [-0.05, 0) is 37.2 Å². The molecule has 3 rings (SSSR count). The van der Waals surface area contributed by atoms with Crippen molar-refractivity contribution in [3.05, 3.63) is 35.9 Å². The summed E-state index contributed by atoms with van der Waals surface area (Å²) in [7, 11) is 0. The van der Waals surface area contributed by atoms with Gasteiger partial charge in [0.15, 0.2) is 0 Å². The fourth-order valence-electron chi connectivity index (χ4n) is 2.96. The first-order valence-electron chi connectivity index (χ1n) is 7.33. The molecule has 0 unspecified atom stereocenters. The monoisotopic (exact) mass is 258 g/mol. The molecule has 3 heteroatoms. The Labute approximate surface area is 114 Å². The highest BCUT2D eigenvalue weighted by Crippen LogP contribution is 2.33. The molecule has 2 atom stereocenters. The summed E-state index contributed by atoms with van der Waals surface area (Å²) in [6.07, 6.45) is 4.36. The van der Waals surface area contributed by atoms with Gasteiger partial charge in [-0.2, -0.15) is 0 Å². The SMILES string of the molecule is N[C@H]1CC[C@H](c2ccccc2)CN(CC2CC2)C1=O. The summed E-state index contributed by atoms with van der Waals surface area (Å²) in [6, 6.07) is 10.2. The predicted molar refractivity (Wildman–Crippen MR) is 75.7 cm³/mol. The van der Waals surface area contributed by atoms with Crippen molar-refractivity contribution in [1.82, 2.24) is 4.90 Å². The van der Waals surface area contributed by atoms with Gasteiger partial charge in [0.2, 0.25) is 5.91 Å². The number of amides is 1. The van der Waals surface area contributed by atoms with Gasteiger partial charge >= 0.3 is 0 Å². The van der Waals surface area contributed by atoms with Crippen molar-refractivity contribution in [2.24, 2.45) is 11.7 Å². The van der Waals surface area contributed by atoms with Crippen LogP contribution in [0, 0.1) is 5.92 Å². The van der Waals surface area contributed by atoms with E-state index in [1.807, 2.05) is 11.0 Å². The second-order valence-corrected chi connectivity index (χ2v) is 5.98. The maximum atomic E-state index is 12.3. The van der Waals surface area contributed by atoms with E-state index in [1.54, 1.807) is 0 Å². The van der Waals surface area contributed by atoms with Gasteiger partial charge in [-0.1, -0.05) is 30.3 Å². The minimum Gasteiger partial charge on any atom is -0.340 e. The molecule has 0 bridgehead atoms. The lowest BCUT2D eigenvalue weighted by Gasteiger charge is -2.25. The smallest absolute Gasteiger partial charge is 0.239 e. The molecule has 1 aromatic carbocycles. The van der Waals surface area contributed by atoms with Crippen LogP contribution in [0.4, 0.5) is 0 Å². The van der Waals surface area contributed by atoms with E-state index in [0.29, 0.717) is 5.92 Å². The Hall–Kier alpha value is -1.35. The molecule has 0 radical (unpaired) electrons. The molecular formula is C16H22N2O. The molecule has 1 aliphatic carbocycles. The van der Waals surface area contributed by atoms with Crippen molar-refractivity contribution in [3.63, 3.8) is 0 Å². The summed E-state index contributed by atoms with van der Waals surface area (Å²) in [5.74, 6) is 1.33. The maximum absolute atomic E-state index is 12.3. The molecule has 2 N–H and O–H groups in total. The van der Waals surface area contributed by atoms with Crippen molar-refractivity contribution >= 4 is 5.91 Å². The Morgan fingerprint density at radius 3 is 2.53 bits per heavy atom. The summed E-state index contributed by atoms with van der Waals surface area (Å²) in [6.45, 7) is 1.75. The van der Waals surface area contributed by atoms with Crippen LogP contribution in [0.1, 0.15) is 37.2 Å². The summed E-state index contributed by atoms with van der Waals surface area (Å²) in [5.41, 5.74) is 7.35. The third-order valence-corrected chi connectivity index (χ3v) is 4.34. The molecule has 0 aromatic heterocycles. The molecule has 1 saturated carbocycles. The summed E-state index contributed by atoms with van der Waals surface area (Å²) < 4.78 is 0. The zero-order valence-corrected chi connectivity index (χ0v) is 11.3. The Morgan fingerprint density at radius 1 is 1.11 bits per heavy atom. The minimum atomic E-state index is -0.299. The first-order valence-corrected chi connectivity index (χ1v) is 7.33. The largest absolute Gasteiger partial charge is 0.340 e. The zero-order chi connectivity index (χ0) is 13.2. The average Bonchev–Trinajstić information content (AvgIpc) is 3.26. The molecule has 1 aliphatic heterocycles. The normalized spacial score (nSPS) is 28.3. The molecular weight excluding hydrogens is 236 g/mol. The van der Waals surface area contributed by atoms with E-state index in [1.165, 1.54) is 18.4 Å². The highest BCUT2D eigenvalue weighted by Gasteiger charge is 2.33.